The van der Waals surface area contributed by atoms with Crippen molar-refractivity contribution in [1.29, 1.82) is 0 Å². The Kier molecular flexibility index (Phi) is 5.54. The molecule has 2 aliphatic rings. The quantitative estimate of drug-likeness (QED) is 0.823. The predicted octanol–water partition coefficient (Wildman–Crippen LogP) is 1.69. The lowest BCUT2D eigenvalue weighted by molar-refractivity contribution is -0.128. The molecule has 1 spiro atoms. The van der Waals surface area contributed by atoms with Gasteiger partial charge in [-0.15, -0.1) is 0 Å². The highest BCUT2D eigenvalue weighted by molar-refractivity contribution is 5.79. The second-order valence-corrected chi connectivity index (χ2v) is 7.24. The summed E-state index contributed by atoms with van der Waals surface area (Å²) in [4.78, 5) is 16.7. The molecule has 5 heteroatoms. The van der Waals surface area contributed by atoms with E-state index < -0.39 is 0 Å². The fraction of sp³-hybridized carbons (Fsp3) is 0.632. The third-order valence-corrected chi connectivity index (χ3v) is 4.98. The van der Waals surface area contributed by atoms with E-state index in [1.54, 1.807) is 7.11 Å². The Hall–Kier alpha value is -1.43. The molecule has 0 bridgehead atoms. The molecule has 0 N–H and O–H groups in total. The van der Waals surface area contributed by atoms with Crippen molar-refractivity contribution in [3.63, 3.8) is 0 Å². The number of methoxy groups -OCH3 is 1. The first-order valence-electron chi connectivity index (χ1n) is 8.73. The minimum absolute atomic E-state index is 0.0782. The van der Waals surface area contributed by atoms with Gasteiger partial charge in [-0.1, -0.05) is 29.8 Å². The van der Waals surface area contributed by atoms with Crippen LogP contribution < -0.4 is 0 Å². The zero-order chi connectivity index (χ0) is 17.0. The maximum atomic E-state index is 12.4. The Balaban J connectivity index is 1.67. The van der Waals surface area contributed by atoms with Crippen LogP contribution >= 0.6 is 0 Å². The largest absolute Gasteiger partial charge is 0.383 e. The minimum Gasteiger partial charge on any atom is -0.383 e. The van der Waals surface area contributed by atoms with Crippen molar-refractivity contribution >= 4 is 5.91 Å². The molecule has 24 heavy (non-hydrogen) atoms. The number of carbonyl (C=O) groups excluding carboxylic acids is 1. The van der Waals surface area contributed by atoms with Gasteiger partial charge in [-0.2, -0.15) is 0 Å². The van der Waals surface area contributed by atoms with Gasteiger partial charge in [-0.3, -0.25) is 9.69 Å². The summed E-state index contributed by atoms with van der Waals surface area (Å²) < 4.78 is 11.0. The van der Waals surface area contributed by atoms with Crippen LogP contribution in [0.2, 0.25) is 0 Å². The molecule has 0 aliphatic carbocycles. The molecular weight excluding hydrogens is 304 g/mol. The van der Waals surface area contributed by atoms with E-state index >= 15 is 0 Å². The first kappa shape index (κ1) is 17.4. The van der Waals surface area contributed by atoms with E-state index in [0.717, 1.165) is 32.8 Å². The van der Waals surface area contributed by atoms with E-state index in [4.69, 9.17) is 9.47 Å². The van der Waals surface area contributed by atoms with Crippen LogP contribution in [0.25, 0.3) is 0 Å². The Morgan fingerprint density at radius 1 is 1.33 bits per heavy atom. The van der Waals surface area contributed by atoms with Gasteiger partial charge in [0.2, 0.25) is 5.91 Å². The highest BCUT2D eigenvalue weighted by Crippen LogP contribution is 2.34. The van der Waals surface area contributed by atoms with Gasteiger partial charge >= 0.3 is 0 Å². The minimum atomic E-state index is -0.0782. The summed E-state index contributed by atoms with van der Waals surface area (Å²) in [5, 5.41) is 0. The number of nitrogens with zero attached hydrogens (tertiary/aromatic N) is 2. The second kappa shape index (κ2) is 7.64. The van der Waals surface area contributed by atoms with Crippen molar-refractivity contribution in [2.45, 2.75) is 19.9 Å². The van der Waals surface area contributed by atoms with Crippen molar-refractivity contribution in [2.75, 3.05) is 53.1 Å². The molecule has 2 heterocycles. The zero-order valence-corrected chi connectivity index (χ0v) is 14.8. The normalized spacial score (nSPS) is 25.4. The molecule has 132 valence electrons. The van der Waals surface area contributed by atoms with Gasteiger partial charge in [0, 0.05) is 51.7 Å². The van der Waals surface area contributed by atoms with Crippen molar-refractivity contribution in [1.82, 2.24) is 9.80 Å². The third kappa shape index (κ3) is 4.15. The zero-order valence-electron chi connectivity index (χ0n) is 14.8. The Bertz CT molecular complexity index is 577. The summed E-state index contributed by atoms with van der Waals surface area (Å²) in [6, 6.07) is 8.65. The van der Waals surface area contributed by atoms with Crippen LogP contribution in [0, 0.1) is 12.3 Å². The molecule has 0 radical (unpaired) electrons. The van der Waals surface area contributed by atoms with Crippen LogP contribution in [0.4, 0.5) is 0 Å². The van der Waals surface area contributed by atoms with Gasteiger partial charge < -0.3 is 14.4 Å². The summed E-state index contributed by atoms with van der Waals surface area (Å²) in [6.45, 7) is 8.33. The number of aryl methyl sites for hydroxylation is 1. The molecule has 0 saturated carbocycles. The molecule has 1 aromatic rings. The van der Waals surface area contributed by atoms with Crippen LogP contribution in [0.5, 0.6) is 0 Å². The van der Waals surface area contributed by atoms with Crippen LogP contribution in [-0.2, 0) is 20.8 Å². The first-order valence-corrected chi connectivity index (χ1v) is 8.73. The SMILES string of the molecule is COCCN1CC2(COCCN(Cc3cccc(C)c3)C2)CC1=O. The number of amides is 1. The van der Waals surface area contributed by atoms with Crippen molar-refractivity contribution < 1.29 is 14.3 Å². The number of hydrogen-bond donors (Lipinski definition) is 0. The number of likely N-dealkylation sites (tertiary alicyclic amines) is 1. The van der Waals surface area contributed by atoms with Gasteiger partial charge in [-0.25, -0.2) is 0 Å². The van der Waals surface area contributed by atoms with Gasteiger partial charge in [0.05, 0.1) is 19.8 Å². The molecule has 5 nitrogen and oxygen atoms in total. The van der Waals surface area contributed by atoms with Crippen LogP contribution in [0.15, 0.2) is 24.3 Å². The van der Waals surface area contributed by atoms with E-state index in [2.05, 4.69) is 36.1 Å². The Labute approximate surface area is 144 Å². The van der Waals surface area contributed by atoms with E-state index in [-0.39, 0.29) is 11.3 Å². The number of rotatable bonds is 5. The van der Waals surface area contributed by atoms with E-state index in [9.17, 15) is 4.79 Å². The summed E-state index contributed by atoms with van der Waals surface area (Å²) >= 11 is 0. The molecule has 1 atom stereocenters. The molecule has 1 aromatic carbocycles. The van der Waals surface area contributed by atoms with Crippen molar-refractivity contribution in [2.24, 2.45) is 5.41 Å². The van der Waals surface area contributed by atoms with E-state index in [0.29, 0.717) is 26.2 Å². The highest BCUT2D eigenvalue weighted by Gasteiger charge is 2.45. The summed E-state index contributed by atoms with van der Waals surface area (Å²) in [5.41, 5.74) is 2.54. The number of carbonyl (C=O) groups is 1. The Morgan fingerprint density at radius 2 is 2.21 bits per heavy atom. The molecule has 1 amide bonds. The van der Waals surface area contributed by atoms with Crippen LogP contribution in [0.3, 0.4) is 0 Å². The predicted molar refractivity (Wildman–Crippen MR) is 92.8 cm³/mol. The van der Waals surface area contributed by atoms with E-state index in [1.165, 1.54) is 11.1 Å². The Morgan fingerprint density at radius 3 is 3.00 bits per heavy atom. The van der Waals surface area contributed by atoms with E-state index in [1.807, 2.05) is 4.90 Å². The van der Waals surface area contributed by atoms with Gasteiger partial charge in [0.15, 0.2) is 0 Å². The van der Waals surface area contributed by atoms with Gasteiger partial charge in [-0.05, 0) is 12.5 Å². The molecule has 2 saturated heterocycles. The summed E-state index contributed by atoms with van der Waals surface area (Å²) in [7, 11) is 1.68. The second-order valence-electron chi connectivity index (χ2n) is 7.24. The lowest BCUT2D eigenvalue weighted by Crippen LogP contribution is -2.40. The third-order valence-electron chi connectivity index (χ3n) is 4.98. The average Bonchev–Trinajstić information content (AvgIpc) is 2.72. The monoisotopic (exact) mass is 332 g/mol. The van der Waals surface area contributed by atoms with Crippen molar-refractivity contribution in [3.8, 4) is 0 Å². The highest BCUT2D eigenvalue weighted by atomic mass is 16.5. The topological polar surface area (TPSA) is 42.0 Å². The van der Waals surface area contributed by atoms with Gasteiger partial charge in [0.1, 0.15) is 0 Å². The molecule has 0 aromatic heterocycles. The number of hydrogen-bond acceptors (Lipinski definition) is 4. The summed E-state index contributed by atoms with van der Waals surface area (Å²) in [5.74, 6) is 0.230. The average molecular weight is 332 g/mol. The first-order chi connectivity index (χ1) is 11.6. The molecule has 2 fully saturated rings. The fourth-order valence-electron chi connectivity index (χ4n) is 3.87. The number of benzene rings is 1. The molecular formula is C19H28N2O3. The van der Waals surface area contributed by atoms with Crippen LogP contribution in [0.1, 0.15) is 17.5 Å². The lowest BCUT2D eigenvalue weighted by Gasteiger charge is -2.31. The van der Waals surface area contributed by atoms with Crippen LogP contribution in [-0.4, -0.2) is 68.8 Å². The lowest BCUT2D eigenvalue weighted by atomic mass is 9.87. The smallest absolute Gasteiger partial charge is 0.223 e. The molecule has 2 aliphatic heterocycles. The van der Waals surface area contributed by atoms with Crippen molar-refractivity contribution in [3.05, 3.63) is 35.4 Å². The fourth-order valence-corrected chi connectivity index (χ4v) is 3.87. The maximum Gasteiger partial charge on any atom is 0.223 e. The number of ether oxygens (including phenoxy) is 2. The maximum absolute atomic E-state index is 12.4. The molecule has 3 rings (SSSR count). The molecule has 1 unspecified atom stereocenters. The van der Waals surface area contributed by atoms with Gasteiger partial charge in [0.25, 0.3) is 0 Å². The standard InChI is InChI=1S/C19H28N2O3/c1-16-4-3-5-17(10-16)12-20-6-9-24-15-19(13-20)11-18(22)21(14-19)7-8-23-2/h3-5,10H,6-9,11-15H2,1-2H3. The summed E-state index contributed by atoms with van der Waals surface area (Å²) in [6.07, 6.45) is 0.584.